The highest BCUT2D eigenvalue weighted by atomic mass is 35.5. The molecule has 8 nitrogen and oxygen atoms in total. The number of hydrogen-bond acceptors (Lipinski definition) is 7. The van der Waals surface area contributed by atoms with E-state index in [2.05, 4.69) is 39.9 Å². The topological polar surface area (TPSA) is 81.5 Å². The van der Waals surface area contributed by atoms with Gasteiger partial charge in [0.25, 0.3) is 0 Å². The third-order valence-corrected chi connectivity index (χ3v) is 10.4. The van der Waals surface area contributed by atoms with E-state index in [0.29, 0.717) is 49.9 Å². The summed E-state index contributed by atoms with van der Waals surface area (Å²) in [5, 5.41) is 7.83. The van der Waals surface area contributed by atoms with Crippen molar-refractivity contribution in [1.29, 1.82) is 0 Å². The Morgan fingerprint density at radius 1 is 1.14 bits per heavy atom. The summed E-state index contributed by atoms with van der Waals surface area (Å²) < 4.78 is 42.8. The van der Waals surface area contributed by atoms with Gasteiger partial charge in [0.1, 0.15) is 24.2 Å². The van der Waals surface area contributed by atoms with Gasteiger partial charge in [0.2, 0.25) is 0 Å². The van der Waals surface area contributed by atoms with Crippen LogP contribution in [0.25, 0.3) is 0 Å². The molecule has 1 aliphatic rings. The quantitative estimate of drug-likeness (QED) is 0.125. The van der Waals surface area contributed by atoms with Crippen LogP contribution in [0.1, 0.15) is 43.6 Å². The zero-order valence-corrected chi connectivity index (χ0v) is 28.5. The molecule has 0 radical (unpaired) electrons. The zero-order chi connectivity index (χ0) is 32.2. The number of nitrogens with one attached hydrogen (secondary N) is 1. The van der Waals surface area contributed by atoms with E-state index in [9.17, 15) is 9.18 Å². The largest absolute Gasteiger partial charge is 0.469 e. The molecule has 3 heterocycles. The minimum atomic E-state index is -1.18. The predicted molar refractivity (Wildman–Crippen MR) is 172 cm³/mol. The van der Waals surface area contributed by atoms with E-state index in [0.717, 1.165) is 11.7 Å². The van der Waals surface area contributed by atoms with Gasteiger partial charge < -0.3 is 14.8 Å². The highest BCUT2D eigenvalue weighted by molar-refractivity contribution is 6.76. The van der Waals surface area contributed by atoms with E-state index >= 15 is 4.39 Å². The number of nitrogens with zero attached hydrogens (tertiary/aromatic N) is 4. The lowest BCUT2D eigenvalue weighted by atomic mass is 9.69. The maximum Gasteiger partial charge on any atom is 0.312 e. The summed E-state index contributed by atoms with van der Waals surface area (Å²) in [4.78, 5) is 20.1. The summed E-state index contributed by atoms with van der Waals surface area (Å²) in [6.07, 6.45) is 0.853. The maximum atomic E-state index is 15.2. The molecule has 4 rings (SSSR count). The van der Waals surface area contributed by atoms with Gasteiger partial charge in [-0.1, -0.05) is 43.4 Å². The zero-order valence-electron chi connectivity index (χ0n) is 26.7. The molecule has 12 heteroatoms. The van der Waals surface area contributed by atoms with Crippen molar-refractivity contribution in [2.24, 2.45) is 5.41 Å². The first-order valence-corrected chi connectivity index (χ1v) is 19.1. The fraction of sp³-hybridized carbons (Fsp3) is 0.531. The number of hydrogen-bond donors (Lipinski definition) is 1. The highest BCUT2D eigenvalue weighted by Gasteiger charge is 2.48. The Balaban J connectivity index is 1.49. The number of benzene rings is 1. The monoisotopic (exact) mass is 647 g/mol. The number of aryl methyl sites for hydroxylation is 1. The van der Waals surface area contributed by atoms with Gasteiger partial charge in [-0.3, -0.25) is 9.69 Å². The van der Waals surface area contributed by atoms with Crippen molar-refractivity contribution in [3.05, 3.63) is 70.0 Å². The SMILES string of the molecule is COC(=O)C1(Cc2nc(Nc3cc(C)n(COCC[Si](C)(C)C)n3)ccc2F)CC(C)N(Cc2cccc(Cl)c2F)C(C)C1. The molecule has 0 amide bonds. The number of rotatable bonds is 12. The molecule has 0 bridgehead atoms. The summed E-state index contributed by atoms with van der Waals surface area (Å²) in [7, 11) is 0.166. The minimum absolute atomic E-state index is 0.0630. The second kappa shape index (κ2) is 14.1. The van der Waals surface area contributed by atoms with Gasteiger partial charge >= 0.3 is 5.97 Å². The van der Waals surface area contributed by atoms with E-state index < -0.39 is 31.1 Å². The molecule has 240 valence electrons. The first-order valence-electron chi connectivity index (χ1n) is 15.0. The van der Waals surface area contributed by atoms with Gasteiger partial charge in [0, 0.05) is 57.1 Å². The average Bonchev–Trinajstić information content (AvgIpc) is 3.30. The molecular formula is C32H44ClF2N5O3Si. The molecule has 3 aromatic rings. The third kappa shape index (κ3) is 8.24. The summed E-state index contributed by atoms with van der Waals surface area (Å²) in [5.74, 6) is -0.370. The van der Waals surface area contributed by atoms with E-state index in [1.807, 2.05) is 26.8 Å². The van der Waals surface area contributed by atoms with Gasteiger partial charge in [-0.2, -0.15) is 5.10 Å². The lowest BCUT2D eigenvalue weighted by Gasteiger charge is -2.48. The van der Waals surface area contributed by atoms with Crippen LogP contribution in [0.5, 0.6) is 0 Å². The first kappa shape index (κ1) is 34.0. The van der Waals surface area contributed by atoms with E-state index in [-0.39, 0.29) is 29.2 Å². The molecule has 0 aliphatic carbocycles. The normalized spacial score (nSPS) is 21.0. The number of halogens is 3. The van der Waals surface area contributed by atoms with Crippen molar-refractivity contribution in [3.8, 4) is 0 Å². The van der Waals surface area contributed by atoms with Crippen LogP contribution in [0, 0.1) is 24.0 Å². The van der Waals surface area contributed by atoms with Crippen molar-refractivity contribution >= 4 is 37.3 Å². The molecule has 1 N–H and O–H groups in total. The number of carbonyl (C=O) groups excluding carboxylic acids is 1. The second-order valence-corrected chi connectivity index (χ2v) is 19.2. The van der Waals surface area contributed by atoms with Crippen LogP contribution in [0.15, 0.2) is 36.4 Å². The van der Waals surface area contributed by atoms with Crippen LogP contribution < -0.4 is 5.32 Å². The molecule has 2 unspecified atom stereocenters. The van der Waals surface area contributed by atoms with Crippen LogP contribution >= 0.6 is 11.6 Å². The minimum Gasteiger partial charge on any atom is -0.469 e. The molecule has 2 atom stereocenters. The Morgan fingerprint density at radius 2 is 1.84 bits per heavy atom. The first-order chi connectivity index (χ1) is 20.7. The predicted octanol–water partition coefficient (Wildman–Crippen LogP) is 7.35. The molecule has 0 spiro atoms. The number of methoxy groups -OCH3 is 1. The lowest BCUT2D eigenvalue weighted by molar-refractivity contribution is -0.159. The average molecular weight is 648 g/mol. The van der Waals surface area contributed by atoms with Gasteiger partial charge in [0.05, 0.1) is 23.2 Å². The van der Waals surface area contributed by atoms with Crippen molar-refractivity contribution in [1.82, 2.24) is 19.7 Å². The lowest BCUT2D eigenvalue weighted by Crippen LogP contribution is -2.54. The van der Waals surface area contributed by atoms with Gasteiger partial charge in [-0.25, -0.2) is 18.4 Å². The smallest absolute Gasteiger partial charge is 0.312 e. The van der Waals surface area contributed by atoms with Crippen molar-refractivity contribution in [2.75, 3.05) is 19.0 Å². The van der Waals surface area contributed by atoms with Crippen LogP contribution in [0.4, 0.5) is 20.4 Å². The Labute approximate surface area is 265 Å². The Morgan fingerprint density at radius 3 is 2.50 bits per heavy atom. The molecule has 0 saturated carbocycles. The number of piperidine rings is 1. The third-order valence-electron chi connectivity index (χ3n) is 8.38. The number of esters is 1. The van der Waals surface area contributed by atoms with Gasteiger partial charge in [-0.05, 0) is 57.9 Å². The summed E-state index contributed by atoms with van der Waals surface area (Å²) in [5.41, 5.74) is 0.568. The van der Waals surface area contributed by atoms with Crippen molar-refractivity contribution < 1.29 is 23.0 Å². The molecule has 1 aliphatic heterocycles. The van der Waals surface area contributed by atoms with Crippen LogP contribution in [-0.4, -0.2) is 59.5 Å². The van der Waals surface area contributed by atoms with Crippen LogP contribution in [0.3, 0.4) is 0 Å². The van der Waals surface area contributed by atoms with E-state index in [1.165, 1.54) is 19.2 Å². The molecular weight excluding hydrogens is 604 g/mol. The number of pyridine rings is 1. The Kier molecular flexibility index (Phi) is 10.9. The molecule has 44 heavy (non-hydrogen) atoms. The Hall–Kier alpha value is -2.86. The van der Waals surface area contributed by atoms with Crippen molar-refractivity contribution in [2.45, 2.75) is 91.1 Å². The highest BCUT2D eigenvalue weighted by Crippen LogP contribution is 2.43. The number of carbonyl (C=O) groups is 1. The molecule has 1 saturated heterocycles. The maximum absolute atomic E-state index is 15.2. The van der Waals surface area contributed by atoms with Crippen LogP contribution in [0.2, 0.25) is 30.7 Å². The molecule has 1 fully saturated rings. The number of aromatic nitrogens is 3. The number of anilines is 2. The number of likely N-dealkylation sites (tertiary alicyclic amines) is 1. The van der Waals surface area contributed by atoms with Gasteiger partial charge in [-0.15, -0.1) is 0 Å². The van der Waals surface area contributed by atoms with E-state index in [4.69, 9.17) is 21.1 Å². The van der Waals surface area contributed by atoms with Crippen molar-refractivity contribution in [3.63, 3.8) is 0 Å². The van der Waals surface area contributed by atoms with Gasteiger partial charge in [0.15, 0.2) is 5.82 Å². The van der Waals surface area contributed by atoms with Crippen LogP contribution in [-0.2, 0) is 34.0 Å². The number of ether oxygens (including phenoxy) is 2. The molecule has 2 aromatic heterocycles. The second-order valence-electron chi connectivity index (χ2n) is 13.2. The van der Waals surface area contributed by atoms with E-state index in [1.54, 1.807) is 22.9 Å². The Bertz CT molecular complexity index is 1450. The molecule has 1 aromatic carbocycles. The standard InChI is InChI=1S/C32H44ClF2N5O3Si/c1-21-15-29(38-40(21)20-43-13-14-44(5,6)7)37-28-12-11-26(34)27(36-28)18-32(31(41)42-4)16-22(2)39(23(3)17-32)19-24-9-8-10-25(33)30(24)35/h8-12,15,22-23H,13-14,16-20H2,1-7H3,(H,36,37,38). The fourth-order valence-corrected chi connectivity index (χ4v) is 6.97. The summed E-state index contributed by atoms with van der Waals surface area (Å²) >= 11 is 6.02. The fourth-order valence-electron chi connectivity index (χ4n) is 6.02. The summed E-state index contributed by atoms with van der Waals surface area (Å²) in [6.45, 7) is 14.2. The summed E-state index contributed by atoms with van der Waals surface area (Å²) in [6, 6.07) is 10.6.